The molecular formula is C13H13NO2. The first-order chi connectivity index (χ1) is 7.70. The van der Waals surface area contributed by atoms with Gasteiger partial charge in [0.2, 0.25) is 0 Å². The number of ketones is 1. The quantitative estimate of drug-likeness (QED) is 0.559. The standard InChI is InChI=1S/C13H13NO2/c14-10-7-4-8-11(15)12(10)13(16)9-5-2-1-3-6-9/h1-3,5-6,14,16H,4,7-8H2. The topological polar surface area (TPSA) is 61.2 Å². The molecule has 0 heterocycles. The van der Waals surface area contributed by atoms with Crippen molar-refractivity contribution in [3.63, 3.8) is 0 Å². The molecule has 1 fully saturated rings. The van der Waals surface area contributed by atoms with Crippen LogP contribution in [-0.2, 0) is 4.79 Å². The molecule has 0 saturated heterocycles. The van der Waals surface area contributed by atoms with E-state index in [1.54, 1.807) is 24.3 Å². The number of aliphatic hydroxyl groups is 1. The Morgan fingerprint density at radius 2 is 1.88 bits per heavy atom. The lowest BCUT2D eigenvalue weighted by molar-refractivity contribution is -0.115. The highest BCUT2D eigenvalue weighted by Gasteiger charge is 2.24. The predicted molar refractivity (Wildman–Crippen MR) is 62.6 cm³/mol. The van der Waals surface area contributed by atoms with Crippen molar-refractivity contribution in [1.29, 1.82) is 5.41 Å². The molecule has 1 aliphatic carbocycles. The minimum Gasteiger partial charge on any atom is -0.506 e. The minimum atomic E-state index is -0.127. The maximum absolute atomic E-state index is 11.7. The average molecular weight is 215 g/mol. The second kappa shape index (κ2) is 4.31. The smallest absolute Gasteiger partial charge is 0.168 e. The molecule has 3 heteroatoms. The number of carbonyl (C=O) groups excluding carboxylic acids is 1. The van der Waals surface area contributed by atoms with Crippen LogP contribution in [0.3, 0.4) is 0 Å². The van der Waals surface area contributed by atoms with E-state index >= 15 is 0 Å². The third-order valence-electron chi connectivity index (χ3n) is 2.70. The summed E-state index contributed by atoms with van der Waals surface area (Å²) in [4.78, 5) is 11.7. The number of benzene rings is 1. The Labute approximate surface area is 93.9 Å². The average Bonchev–Trinajstić information content (AvgIpc) is 2.30. The Morgan fingerprint density at radius 3 is 2.50 bits per heavy atom. The van der Waals surface area contributed by atoms with Crippen molar-refractivity contribution in [1.82, 2.24) is 0 Å². The Kier molecular flexibility index (Phi) is 2.86. The molecule has 1 saturated carbocycles. The van der Waals surface area contributed by atoms with E-state index in [0.29, 0.717) is 24.8 Å². The highest BCUT2D eigenvalue weighted by atomic mass is 16.3. The van der Waals surface area contributed by atoms with Crippen LogP contribution in [0.4, 0.5) is 0 Å². The zero-order valence-corrected chi connectivity index (χ0v) is 8.86. The van der Waals surface area contributed by atoms with Gasteiger partial charge in [-0.3, -0.25) is 4.79 Å². The molecule has 16 heavy (non-hydrogen) atoms. The first-order valence-electron chi connectivity index (χ1n) is 5.30. The number of rotatable bonds is 1. The molecule has 2 N–H and O–H groups in total. The summed E-state index contributed by atoms with van der Waals surface area (Å²) >= 11 is 0. The van der Waals surface area contributed by atoms with E-state index in [9.17, 15) is 9.90 Å². The Hall–Kier alpha value is -1.90. The van der Waals surface area contributed by atoms with Crippen molar-refractivity contribution in [2.45, 2.75) is 19.3 Å². The van der Waals surface area contributed by atoms with Gasteiger partial charge in [0.25, 0.3) is 0 Å². The molecule has 0 atom stereocenters. The van der Waals surface area contributed by atoms with Gasteiger partial charge < -0.3 is 10.5 Å². The molecular weight excluding hydrogens is 202 g/mol. The molecule has 1 aromatic carbocycles. The Morgan fingerprint density at radius 1 is 1.19 bits per heavy atom. The minimum absolute atomic E-state index is 0.0599. The fourth-order valence-electron chi connectivity index (χ4n) is 1.86. The van der Waals surface area contributed by atoms with Gasteiger partial charge >= 0.3 is 0 Å². The second-order valence-electron chi connectivity index (χ2n) is 3.84. The summed E-state index contributed by atoms with van der Waals surface area (Å²) in [6.45, 7) is 0. The van der Waals surface area contributed by atoms with Crippen LogP contribution < -0.4 is 0 Å². The number of allylic oxidation sites excluding steroid dienone is 1. The molecule has 0 bridgehead atoms. The van der Waals surface area contributed by atoms with Crippen LogP contribution in [0, 0.1) is 5.41 Å². The molecule has 0 unspecified atom stereocenters. The summed E-state index contributed by atoms with van der Waals surface area (Å²) in [6, 6.07) is 8.90. The van der Waals surface area contributed by atoms with Crippen molar-refractivity contribution in [2.75, 3.05) is 0 Å². The molecule has 0 aromatic heterocycles. The summed E-state index contributed by atoms with van der Waals surface area (Å²) in [5.41, 5.74) is 1.03. The summed E-state index contributed by atoms with van der Waals surface area (Å²) in [7, 11) is 0. The van der Waals surface area contributed by atoms with E-state index in [0.717, 1.165) is 0 Å². The zero-order chi connectivity index (χ0) is 11.5. The van der Waals surface area contributed by atoms with Crippen LogP contribution in [0.25, 0.3) is 5.76 Å². The summed E-state index contributed by atoms with van der Waals surface area (Å²) < 4.78 is 0. The summed E-state index contributed by atoms with van der Waals surface area (Å²) in [5, 5.41) is 17.7. The van der Waals surface area contributed by atoms with Gasteiger partial charge in [0.05, 0.1) is 5.57 Å². The van der Waals surface area contributed by atoms with E-state index in [-0.39, 0.29) is 22.8 Å². The summed E-state index contributed by atoms with van der Waals surface area (Å²) in [5.74, 6) is -0.187. The third-order valence-corrected chi connectivity index (χ3v) is 2.70. The monoisotopic (exact) mass is 215 g/mol. The molecule has 0 aliphatic heterocycles. The molecule has 3 nitrogen and oxygen atoms in total. The van der Waals surface area contributed by atoms with Gasteiger partial charge in [0, 0.05) is 17.7 Å². The maximum atomic E-state index is 11.7. The van der Waals surface area contributed by atoms with Crippen molar-refractivity contribution < 1.29 is 9.90 Å². The van der Waals surface area contributed by atoms with Crippen molar-refractivity contribution >= 4 is 17.3 Å². The number of Topliss-reactive ketones (excluding diaryl/α,β-unsaturated/α-hetero) is 1. The molecule has 0 spiro atoms. The Balaban J connectivity index is 2.47. The van der Waals surface area contributed by atoms with Gasteiger partial charge in [-0.15, -0.1) is 0 Å². The SMILES string of the molecule is N=C1CCCC(=O)C1=C(O)c1ccccc1. The first-order valence-corrected chi connectivity index (χ1v) is 5.30. The van der Waals surface area contributed by atoms with E-state index in [4.69, 9.17) is 5.41 Å². The maximum Gasteiger partial charge on any atom is 0.168 e. The van der Waals surface area contributed by atoms with Crippen LogP contribution in [0.15, 0.2) is 35.9 Å². The molecule has 82 valence electrons. The molecule has 1 aliphatic rings. The van der Waals surface area contributed by atoms with Gasteiger partial charge in [-0.05, 0) is 12.8 Å². The predicted octanol–water partition coefficient (Wildman–Crippen LogP) is 2.73. The highest BCUT2D eigenvalue weighted by molar-refractivity contribution is 6.26. The normalized spacial score (nSPS) is 19.8. The fraction of sp³-hybridized carbons (Fsp3) is 0.231. The number of nitrogens with one attached hydrogen (secondary N) is 1. The van der Waals surface area contributed by atoms with Gasteiger partial charge in [0.1, 0.15) is 5.76 Å². The van der Waals surface area contributed by atoms with Crippen LogP contribution in [0.5, 0.6) is 0 Å². The summed E-state index contributed by atoms with van der Waals surface area (Å²) in [6.07, 6.45) is 1.70. The van der Waals surface area contributed by atoms with E-state index < -0.39 is 0 Å². The van der Waals surface area contributed by atoms with E-state index in [1.165, 1.54) is 0 Å². The van der Waals surface area contributed by atoms with Crippen LogP contribution in [-0.4, -0.2) is 16.6 Å². The third kappa shape index (κ3) is 1.89. The molecule has 0 amide bonds. The van der Waals surface area contributed by atoms with Crippen molar-refractivity contribution in [2.24, 2.45) is 0 Å². The van der Waals surface area contributed by atoms with Gasteiger partial charge in [-0.1, -0.05) is 30.3 Å². The largest absolute Gasteiger partial charge is 0.506 e. The number of aliphatic hydroxyl groups excluding tert-OH is 1. The van der Waals surface area contributed by atoms with Gasteiger partial charge in [-0.2, -0.15) is 0 Å². The van der Waals surface area contributed by atoms with Crippen LogP contribution in [0.2, 0.25) is 0 Å². The number of hydrogen-bond acceptors (Lipinski definition) is 3. The van der Waals surface area contributed by atoms with Crippen molar-refractivity contribution in [3.8, 4) is 0 Å². The van der Waals surface area contributed by atoms with Gasteiger partial charge in [-0.25, -0.2) is 0 Å². The van der Waals surface area contributed by atoms with Crippen LogP contribution >= 0.6 is 0 Å². The fourth-order valence-corrected chi connectivity index (χ4v) is 1.86. The molecule has 0 radical (unpaired) electrons. The van der Waals surface area contributed by atoms with Crippen LogP contribution in [0.1, 0.15) is 24.8 Å². The zero-order valence-electron chi connectivity index (χ0n) is 8.86. The van der Waals surface area contributed by atoms with Crippen molar-refractivity contribution in [3.05, 3.63) is 41.5 Å². The number of carbonyl (C=O) groups is 1. The second-order valence-corrected chi connectivity index (χ2v) is 3.84. The molecule has 1 aromatic rings. The number of hydrogen-bond donors (Lipinski definition) is 2. The highest BCUT2D eigenvalue weighted by Crippen LogP contribution is 2.24. The lowest BCUT2D eigenvalue weighted by Gasteiger charge is -2.16. The van der Waals surface area contributed by atoms with E-state index in [2.05, 4.69) is 0 Å². The van der Waals surface area contributed by atoms with Gasteiger partial charge in [0.15, 0.2) is 5.78 Å². The first kappa shape index (κ1) is 10.6. The molecule has 2 rings (SSSR count). The lowest BCUT2D eigenvalue weighted by atomic mass is 9.89. The Bertz CT molecular complexity index is 442. The van der Waals surface area contributed by atoms with E-state index in [1.807, 2.05) is 6.07 Å². The lowest BCUT2D eigenvalue weighted by Crippen LogP contribution is -2.19.